The molecular formula is C33H39N9O7SSi. The van der Waals surface area contributed by atoms with Crippen LogP contribution < -0.4 is 9.62 Å². The van der Waals surface area contributed by atoms with Crippen LogP contribution in [0.25, 0.3) is 22.3 Å². The Bertz CT molecular complexity index is 2150. The Morgan fingerprint density at radius 2 is 1.73 bits per heavy atom. The van der Waals surface area contributed by atoms with Gasteiger partial charge in [-0.2, -0.15) is 23.1 Å². The summed E-state index contributed by atoms with van der Waals surface area (Å²) in [7, 11) is -5.65. The van der Waals surface area contributed by atoms with Gasteiger partial charge in [0.05, 0.1) is 34.9 Å². The van der Waals surface area contributed by atoms with Crippen LogP contribution in [0.4, 0.5) is 10.6 Å². The van der Waals surface area contributed by atoms with Gasteiger partial charge < -0.3 is 14.0 Å². The van der Waals surface area contributed by atoms with Gasteiger partial charge in [-0.05, 0) is 45.0 Å². The third kappa shape index (κ3) is 7.02. The van der Waals surface area contributed by atoms with E-state index in [1.54, 1.807) is 57.3 Å². The number of benzene rings is 1. The van der Waals surface area contributed by atoms with Gasteiger partial charge in [-0.15, -0.1) is 0 Å². The summed E-state index contributed by atoms with van der Waals surface area (Å²) in [6.07, 6.45) is 3.41. The van der Waals surface area contributed by atoms with Gasteiger partial charge in [-0.1, -0.05) is 31.8 Å². The van der Waals surface area contributed by atoms with Crippen LogP contribution in [0.1, 0.15) is 47.9 Å². The van der Waals surface area contributed by atoms with Crippen LogP contribution >= 0.6 is 0 Å². The van der Waals surface area contributed by atoms with Crippen molar-refractivity contribution in [1.82, 2.24) is 33.3 Å². The maximum atomic E-state index is 13.7. The van der Waals surface area contributed by atoms with E-state index in [0.717, 1.165) is 15.2 Å². The second-order valence-corrected chi connectivity index (χ2v) is 22.1. The molecule has 5 heterocycles. The highest BCUT2D eigenvalue weighted by Gasteiger charge is 2.52. The van der Waals surface area contributed by atoms with Crippen molar-refractivity contribution < 1.29 is 32.3 Å². The molecule has 0 spiro atoms. The molecule has 1 fully saturated rings. The standard InChI is InChI=1S/C33H39N9O7SSi/c1-32(2,3)49-31(45)38-50(46,47)40-18-33(19-40,12-13-34)41-17-25(28(37-41)42-29(43)22-9-7-8-10-23(22)30(42)44)26-24-11-14-39(27(24)36-20-35-26)21-48-15-16-51(4,5)6/h7-11,14,17,20H,12,15-16,18-19,21H2,1-6H3,(H,38,45). The summed E-state index contributed by atoms with van der Waals surface area (Å²) in [5.74, 6) is -1.21. The van der Waals surface area contributed by atoms with Crippen molar-refractivity contribution in [2.75, 3.05) is 24.6 Å². The van der Waals surface area contributed by atoms with Gasteiger partial charge in [0.1, 0.15) is 29.8 Å². The van der Waals surface area contributed by atoms with Crippen LogP contribution in [0.2, 0.25) is 25.7 Å². The average molecular weight is 734 g/mol. The van der Waals surface area contributed by atoms with Crippen molar-refractivity contribution in [1.29, 1.82) is 5.26 Å². The zero-order chi connectivity index (χ0) is 36.9. The summed E-state index contributed by atoms with van der Waals surface area (Å²) < 4.78 is 43.4. The Labute approximate surface area is 296 Å². The van der Waals surface area contributed by atoms with Gasteiger partial charge >= 0.3 is 16.3 Å². The highest BCUT2D eigenvalue weighted by atomic mass is 32.2. The number of rotatable bonds is 11. The maximum absolute atomic E-state index is 13.7. The van der Waals surface area contributed by atoms with E-state index in [0.29, 0.717) is 28.9 Å². The topological polar surface area (TPSA) is 195 Å². The first-order valence-electron chi connectivity index (χ1n) is 16.3. The molecule has 2 aliphatic rings. The van der Waals surface area contributed by atoms with Gasteiger partial charge in [-0.25, -0.2) is 24.4 Å². The molecule has 18 heteroatoms. The highest BCUT2D eigenvalue weighted by Crippen LogP contribution is 2.41. The summed E-state index contributed by atoms with van der Waals surface area (Å²) >= 11 is 0. The zero-order valence-electron chi connectivity index (χ0n) is 29.2. The van der Waals surface area contributed by atoms with Gasteiger partial charge in [0, 0.05) is 45.6 Å². The number of imide groups is 1. The van der Waals surface area contributed by atoms with E-state index >= 15 is 0 Å². The number of carbonyl (C=O) groups is 3. The summed E-state index contributed by atoms with van der Waals surface area (Å²) in [6.45, 7) is 12.0. The smallest absolute Gasteiger partial charge is 0.422 e. The molecule has 3 aromatic heterocycles. The van der Waals surface area contributed by atoms with Gasteiger partial charge in [0.25, 0.3) is 11.8 Å². The molecule has 3 amide bonds. The number of carbonyl (C=O) groups excluding carboxylic acids is 3. The zero-order valence-corrected chi connectivity index (χ0v) is 31.0. The molecule has 2 aliphatic heterocycles. The van der Waals surface area contributed by atoms with Crippen molar-refractivity contribution in [3.05, 3.63) is 60.2 Å². The van der Waals surface area contributed by atoms with Crippen LogP contribution in [0.5, 0.6) is 0 Å². The molecular weight excluding hydrogens is 695 g/mol. The molecule has 4 aromatic rings. The van der Waals surface area contributed by atoms with E-state index in [9.17, 15) is 28.1 Å². The van der Waals surface area contributed by atoms with Crippen LogP contribution in [0.3, 0.4) is 0 Å². The summed E-state index contributed by atoms with van der Waals surface area (Å²) in [6, 6.07) is 11.3. The van der Waals surface area contributed by atoms with Crippen molar-refractivity contribution in [3.63, 3.8) is 0 Å². The molecule has 6 rings (SSSR count). The number of nitriles is 1. The van der Waals surface area contributed by atoms with Crippen molar-refractivity contribution in [3.8, 4) is 17.3 Å². The first-order chi connectivity index (χ1) is 23.9. The maximum Gasteiger partial charge on any atom is 0.422 e. The normalized spacial score (nSPS) is 16.2. The molecule has 51 heavy (non-hydrogen) atoms. The molecule has 16 nitrogen and oxygen atoms in total. The Balaban J connectivity index is 1.39. The van der Waals surface area contributed by atoms with Gasteiger partial charge in [0.2, 0.25) is 0 Å². The van der Waals surface area contributed by atoms with E-state index < -0.39 is 47.3 Å². The molecule has 1 aromatic carbocycles. The second-order valence-electron chi connectivity index (χ2n) is 14.8. The first-order valence-corrected chi connectivity index (χ1v) is 21.4. The van der Waals surface area contributed by atoms with Crippen LogP contribution in [-0.2, 0) is 32.0 Å². The third-order valence-corrected chi connectivity index (χ3v) is 11.6. The fourth-order valence-corrected chi connectivity index (χ4v) is 7.88. The van der Waals surface area contributed by atoms with E-state index in [2.05, 4.69) is 35.7 Å². The quantitative estimate of drug-likeness (QED) is 0.132. The van der Waals surface area contributed by atoms with Crippen molar-refractivity contribution in [2.24, 2.45) is 0 Å². The number of nitrogens with one attached hydrogen (secondary N) is 1. The molecule has 0 saturated carbocycles. The molecule has 0 atom stereocenters. The second kappa shape index (κ2) is 13.0. The minimum atomic E-state index is -4.36. The summed E-state index contributed by atoms with van der Waals surface area (Å²) in [4.78, 5) is 49.8. The largest absolute Gasteiger partial charge is 0.443 e. The third-order valence-electron chi connectivity index (χ3n) is 8.53. The van der Waals surface area contributed by atoms with Crippen LogP contribution in [-0.4, -0.2) is 88.3 Å². The lowest BCUT2D eigenvalue weighted by Gasteiger charge is -2.47. The number of nitrogens with zero attached hydrogens (tertiary/aromatic N) is 8. The number of hydrogen-bond acceptors (Lipinski definition) is 11. The Kier molecular flexibility index (Phi) is 9.12. The Hall–Kier alpha value is -4.96. The van der Waals surface area contributed by atoms with Crippen molar-refractivity contribution >= 4 is 53.0 Å². The summed E-state index contributed by atoms with van der Waals surface area (Å²) in [5, 5.41) is 15.2. The Morgan fingerprint density at radius 1 is 1.06 bits per heavy atom. The highest BCUT2D eigenvalue weighted by molar-refractivity contribution is 7.87. The number of anilines is 1. The van der Waals surface area contributed by atoms with E-state index in [1.165, 1.54) is 11.0 Å². The first kappa shape index (κ1) is 35.8. The molecule has 1 saturated heterocycles. The molecule has 0 bridgehead atoms. The monoisotopic (exact) mass is 733 g/mol. The molecule has 268 valence electrons. The number of hydrogen-bond donors (Lipinski definition) is 1. The number of aromatic nitrogens is 5. The molecule has 0 radical (unpaired) electrons. The van der Waals surface area contributed by atoms with Gasteiger partial charge in [0.15, 0.2) is 5.82 Å². The minimum Gasteiger partial charge on any atom is -0.443 e. The van der Waals surface area contributed by atoms with E-state index in [-0.39, 0.29) is 43.2 Å². The molecule has 0 unspecified atom stereocenters. The minimum absolute atomic E-state index is 0.0363. The number of ether oxygens (including phenoxy) is 2. The molecule has 0 aliphatic carbocycles. The lowest BCUT2D eigenvalue weighted by molar-refractivity contribution is 0.0528. The van der Waals surface area contributed by atoms with Crippen LogP contribution in [0.15, 0.2) is 49.1 Å². The van der Waals surface area contributed by atoms with Crippen LogP contribution in [0, 0.1) is 11.3 Å². The van der Waals surface area contributed by atoms with E-state index in [4.69, 9.17) is 14.6 Å². The predicted octanol–water partition coefficient (Wildman–Crippen LogP) is 4.10. The van der Waals surface area contributed by atoms with Gasteiger partial charge in [-0.3, -0.25) is 14.3 Å². The number of fused-ring (bicyclic) bond motifs is 2. The summed E-state index contributed by atoms with van der Waals surface area (Å²) in [5.41, 5.74) is -0.530. The molecule has 1 N–H and O–H groups in total. The fourth-order valence-electron chi connectivity index (χ4n) is 5.92. The SMILES string of the molecule is CC(C)(C)OC(=O)NS(=O)(=O)N1CC(CC#N)(n2cc(-c3ncnc4c3ccn4COCC[Si](C)(C)C)c(N3C(=O)c4ccccc4C3=O)n2)C1. The lowest BCUT2D eigenvalue weighted by atomic mass is 9.89. The number of amides is 3. The Morgan fingerprint density at radius 3 is 2.33 bits per heavy atom. The van der Waals surface area contributed by atoms with Crippen molar-refractivity contribution in [2.45, 2.75) is 70.7 Å². The lowest BCUT2D eigenvalue weighted by Crippen LogP contribution is -2.66. The van der Waals surface area contributed by atoms with E-state index in [1.807, 2.05) is 15.5 Å². The fraction of sp³-hybridized carbons (Fsp3) is 0.424. The predicted molar refractivity (Wildman–Crippen MR) is 189 cm³/mol. The average Bonchev–Trinajstić information content (AvgIpc) is 3.70.